The van der Waals surface area contributed by atoms with Gasteiger partial charge in [-0.05, 0) is 43.3 Å². The molecular weight excluding hydrogens is 412 g/mol. The molecule has 8 nitrogen and oxygen atoms in total. The van der Waals surface area contributed by atoms with Crippen molar-refractivity contribution in [3.63, 3.8) is 0 Å². The van der Waals surface area contributed by atoms with Gasteiger partial charge < -0.3 is 15.2 Å². The van der Waals surface area contributed by atoms with Crippen LogP contribution in [0, 0.1) is 0 Å². The maximum Gasteiger partial charge on any atom is 0.262 e. The van der Waals surface area contributed by atoms with E-state index in [9.17, 15) is 9.59 Å². The first-order valence-electron chi connectivity index (χ1n) is 9.71. The minimum atomic E-state index is -0.470. The van der Waals surface area contributed by atoms with Crippen LogP contribution in [-0.4, -0.2) is 45.0 Å². The predicted molar refractivity (Wildman–Crippen MR) is 124 cm³/mol. The third-order valence-electron chi connectivity index (χ3n) is 4.73. The Hall–Kier alpha value is -3.59. The second kappa shape index (κ2) is 8.65. The molecule has 2 aromatic carbocycles. The summed E-state index contributed by atoms with van der Waals surface area (Å²) < 4.78 is 1.62. The van der Waals surface area contributed by atoms with Gasteiger partial charge in [-0.15, -0.1) is 0 Å². The molecule has 2 aromatic heterocycles. The number of para-hydroxylation sites is 1. The van der Waals surface area contributed by atoms with E-state index in [1.54, 1.807) is 11.6 Å². The van der Waals surface area contributed by atoms with Crippen molar-refractivity contribution in [3.05, 3.63) is 71.1 Å². The van der Waals surface area contributed by atoms with Crippen molar-refractivity contribution < 1.29 is 4.79 Å². The van der Waals surface area contributed by atoms with Gasteiger partial charge in [0.05, 0.1) is 17.1 Å². The monoisotopic (exact) mass is 434 g/mol. The molecule has 4 rings (SSSR count). The molecule has 0 saturated carbocycles. The number of nitrogens with zero attached hydrogens (tertiary/aromatic N) is 4. The Balaban J connectivity index is 1.53. The first-order valence-corrected chi connectivity index (χ1v) is 10.6. The molecule has 9 heteroatoms. The van der Waals surface area contributed by atoms with E-state index in [0.29, 0.717) is 21.9 Å². The number of carbonyl (C=O) groups excluding carboxylic acids is 1. The fourth-order valence-corrected chi connectivity index (χ4v) is 3.81. The molecule has 0 aliphatic rings. The largest absolute Gasteiger partial charge is 0.378 e. The summed E-state index contributed by atoms with van der Waals surface area (Å²) in [6.07, 6.45) is 1.50. The molecule has 2 N–H and O–H groups in total. The van der Waals surface area contributed by atoms with Crippen LogP contribution in [0.5, 0.6) is 0 Å². The Morgan fingerprint density at radius 1 is 1.13 bits per heavy atom. The fourth-order valence-electron chi connectivity index (χ4n) is 3.02. The zero-order valence-corrected chi connectivity index (χ0v) is 18.2. The Kier molecular flexibility index (Phi) is 5.77. The van der Waals surface area contributed by atoms with Gasteiger partial charge >= 0.3 is 0 Å². The molecule has 2 heterocycles. The second-order valence-corrected chi connectivity index (χ2v) is 8.52. The van der Waals surface area contributed by atoms with E-state index in [2.05, 4.69) is 20.4 Å². The van der Waals surface area contributed by atoms with Crippen LogP contribution < -0.4 is 15.8 Å². The smallest absolute Gasteiger partial charge is 0.262 e. The van der Waals surface area contributed by atoms with Crippen molar-refractivity contribution in [2.24, 2.45) is 0 Å². The Morgan fingerprint density at radius 2 is 1.84 bits per heavy atom. The van der Waals surface area contributed by atoms with Gasteiger partial charge in [-0.2, -0.15) is 5.10 Å². The summed E-state index contributed by atoms with van der Waals surface area (Å²) in [4.78, 5) is 34.4. The van der Waals surface area contributed by atoms with Gasteiger partial charge in [-0.1, -0.05) is 30.0 Å². The number of amides is 1. The summed E-state index contributed by atoms with van der Waals surface area (Å²) in [5, 5.41) is 7.48. The van der Waals surface area contributed by atoms with Gasteiger partial charge in [0.25, 0.3) is 5.56 Å². The summed E-state index contributed by atoms with van der Waals surface area (Å²) in [5.74, 6) is -0.179. The first-order chi connectivity index (χ1) is 14.9. The summed E-state index contributed by atoms with van der Waals surface area (Å²) in [6.45, 7) is 1.77. The van der Waals surface area contributed by atoms with Crippen molar-refractivity contribution in [1.82, 2.24) is 19.7 Å². The van der Waals surface area contributed by atoms with Crippen LogP contribution in [0.4, 0.5) is 11.4 Å². The molecule has 0 spiro atoms. The highest BCUT2D eigenvalue weighted by Gasteiger charge is 2.18. The van der Waals surface area contributed by atoms with E-state index in [4.69, 9.17) is 0 Å². The zero-order valence-electron chi connectivity index (χ0n) is 17.4. The lowest BCUT2D eigenvalue weighted by Gasteiger charge is -2.14. The van der Waals surface area contributed by atoms with E-state index in [-0.39, 0.29) is 11.5 Å². The Morgan fingerprint density at radius 3 is 2.52 bits per heavy atom. The highest BCUT2D eigenvalue weighted by molar-refractivity contribution is 8.00. The molecule has 0 aliphatic carbocycles. The van der Waals surface area contributed by atoms with Crippen LogP contribution in [0.3, 0.4) is 0 Å². The number of nitrogens with one attached hydrogen (secondary N) is 2. The standard InChI is InChI=1S/C22H22N6O2S/c1-14(20(29)24-15-9-11-16(12-10-15)27(2)3)31-22-25-19-18(21(30)26-22)13-23-28(19)17-7-5-4-6-8-17/h4-14H,1-3H3,(H,24,29)(H,25,26,30)/t14-/m0/s1. The third kappa shape index (κ3) is 4.46. The van der Waals surface area contributed by atoms with Gasteiger partial charge in [-0.25, -0.2) is 9.67 Å². The third-order valence-corrected chi connectivity index (χ3v) is 5.71. The number of hydrogen-bond donors (Lipinski definition) is 2. The number of fused-ring (bicyclic) bond motifs is 1. The van der Waals surface area contributed by atoms with Crippen LogP contribution in [-0.2, 0) is 4.79 Å². The number of aromatic nitrogens is 4. The van der Waals surface area contributed by atoms with Crippen molar-refractivity contribution in [1.29, 1.82) is 0 Å². The van der Waals surface area contributed by atoms with E-state index >= 15 is 0 Å². The quantitative estimate of drug-likeness (QED) is 0.357. The maximum absolute atomic E-state index is 12.6. The number of H-pyrrole nitrogens is 1. The van der Waals surface area contributed by atoms with Crippen LogP contribution in [0.25, 0.3) is 16.7 Å². The minimum absolute atomic E-state index is 0.179. The van der Waals surface area contributed by atoms with Crippen molar-refractivity contribution in [2.45, 2.75) is 17.3 Å². The Labute approximate surface area is 183 Å². The molecule has 1 amide bonds. The van der Waals surface area contributed by atoms with Crippen molar-refractivity contribution in [2.75, 3.05) is 24.3 Å². The lowest BCUT2D eigenvalue weighted by molar-refractivity contribution is -0.115. The topological polar surface area (TPSA) is 95.9 Å². The summed E-state index contributed by atoms with van der Waals surface area (Å²) in [6, 6.07) is 17.1. The van der Waals surface area contributed by atoms with Gasteiger partial charge in [0.2, 0.25) is 5.91 Å². The van der Waals surface area contributed by atoms with E-state index in [0.717, 1.165) is 11.4 Å². The lowest BCUT2D eigenvalue weighted by atomic mass is 10.2. The zero-order chi connectivity index (χ0) is 22.0. The molecule has 0 saturated heterocycles. The summed E-state index contributed by atoms with van der Waals surface area (Å²) >= 11 is 1.19. The second-order valence-electron chi connectivity index (χ2n) is 7.19. The number of carbonyl (C=O) groups is 1. The molecule has 0 radical (unpaired) electrons. The van der Waals surface area contributed by atoms with E-state index < -0.39 is 5.25 Å². The van der Waals surface area contributed by atoms with Gasteiger partial charge in [0.15, 0.2) is 10.8 Å². The predicted octanol–water partition coefficient (Wildman–Crippen LogP) is 3.29. The number of hydrogen-bond acceptors (Lipinski definition) is 6. The van der Waals surface area contributed by atoms with Crippen LogP contribution >= 0.6 is 11.8 Å². The number of aromatic amines is 1. The van der Waals surface area contributed by atoms with Crippen LogP contribution in [0.15, 0.2) is 70.7 Å². The number of benzene rings is 2. The van der Waals surface area contributed by atoms with Gasteiger partial charge in [0, 0.05) is 25.5 Å². The van der Waals surface area contributed by atoms with Gasteiger partial charge in [0.1, 0.15) is 5.39 Å². The van der Waals surface area contributed by atoms with Crippen LogP contribution in [0.1, 0.15) is 6.92 Å². The molecule has 0 unspecified atom stereocenters. The molecule has 0 bridgehead atoms. The summed E-state index contributed by atoms with van der Waals surface area (Å²) in [7, 11) is 3.92. The normalized spacial score (nSPS) is 12.0. The maximum atomic E-state index is 12.6. The lowest BCUT2D eigenvalue weighted by Crippen LogP contribution is -2.23. The number of rotatable bonds is 6. The molecule has 0 fully saturated rings. The highest BCUT2D eigenvalue weighted by Crippen LogP contribution is 2.23. The SMILES string of the molecule is C[C@H](Sc1nc2c(cnn2-c2ccccc2)c(=O)[nH]1)C(=O)Nc1ccc(N(C)C)cc1. The average Bonchev–Trinajstić information content (AvgIpc) is 3.19. The fraction of sp³-hybridized carbons (Fsp3) is 0.182. The Bertz CT molecular complexity index is 1260. The summed E-state index contributed by atoms with van der Waals surface area (Å²) in [5.41, 5.74) is 2.72. The first kappa shape index (κ1) is 20.7. The number of thioether (sulfide) groups is 1. The van der Waals surface area contributed by atoms with E-state index in [1.807, 2.05) is 73.6 Å². The number of anilines is 2. The molecule has 31 heavy (non-hydrogen) atoms. The molecule has 4 aromatic rings. The minimum Gasteiger partial charge on any atom is -0.378 e. The molecular formula is C22H22N6O2S. The average molecular weight is 435 g/mol. The van der Waals surface area contributed by atoms with E-state index in [1.165, 1.54) is 18.0 Å². The van der Waals surface area contributed by atoms with Gasteiger partial charge in [-0.3, -0.25) is 9.59 Å². The van der Waals surface area contributed by atoms with Crippen molar-refractivity contribution in [3.8, 4) is 5.69 Å². The molecule has 158 valence electrons. The van der Waals surface area contributed by atoms with Crippen LogP contribution in [0.2, 0.25) is 0 Å². The molecule has 1 atom stereocenters. The molecule has 0 aliphatic heterocycles. The highest BCUT2D eigenvalue weighted by atomic mass is 32.2. The van der Waals surface area contributed by atoms with Crippen molar-refractivity contribution >= 4 is 40.1 Å².